The van der Waals surface area contributed by atoms with E-state index in [1.54, 1.807) is 7.11 Å². The standard InChI is InChI=1S/C10H22O2/c1-7(2)9(11)6-10(12-5)8(3)4/h7-11H,6H2,1-5H3. The molecular formula is C10H22O2. The Morgan fingerprint density at radius 2 is 1.58 bits per heavy atom. The third-order valence-corrected chi connectivity index (χ3v) is 2.29. The van der Waals surface area contributed by atoms with Gasteiger partial charge in [-0.15, -0.1) is 0 Å². The molecule has 0 aliphatic heterocycles. The fourth-order valence-corrected chi connectivity index (χ4v) is 1.15. The molecule has 0 saturated carbocycles. The lowest BCUT2D eigenvalue weighted by Crippen LogP contribution is -2.27. The number of rotatable bonds is 5. The summed E-state index contributed by atoms with van der Waals surface area (Å²) in [6, 6.07) is 0. The summed E-state index contributed by atoms with van der Waals surface area (Å²) >= 11 is 0. The van der Waals surface area contributed by atoms with Gasteiger partial charge in [-0.3, -0.25) is 0 Å². The van der Waals surface area contributed by atoms with Crippen molar-refractivity contribution in [2.24, 2.45) is 11.8 Å². The molecule has 0 radical (unpaired) electrons. The summed E-state index contributed by atoms with van der Waals surface area (Å²) in [5, 5.41) is 9.60. The van der Waals surface area contributed by atoms with Gasteiger partial charge in [0, 0.05) is 7.11 Å². The molecule has 0 aromatic carbocycles. The van der Waals surface area contributed by atoms with Gasteiger partial charge in [0.15, 0.2) is 0 Å². The van der Waals surface area contributed by atoms with Gasteiger partial charge in [-0.05, 0) is 18.3 Å². The van der Waals surface area contributed by atoms with E-state index >= 15 is 0 Å². The van der Waals surface area contributed by atoms with Crippen molar-refractivity contribution in [1.82, 2.24) is 0 Å². The van der Waals surface area contributed by atoms with Gasteiger partial charge in [0.2, 0.25) is 0 Å². The molecule has 2 heteroatoms. The van der Waals surface area contributed by atoms with Crippen LogP contribution in [0.15, 0.2) is 0 Å². The van der Waals surface area contributed by atoms with Crippen LogP contribution in [-0.2, 0) is 4.74 Å². The second-order valence-corrected chi connectivity index (χ2v) is 4.07. The fraction of sp³-hybridized carbons (Fsp3) is 1.00. The normalized spacial score (nSPS) is 17.0. The summed E-state index contributed by atoms with van der Waals surface area (Å²) in [4.78, 5) is 0. The van der Waals surface area contributed by atoms with Crippen LogP contribution in [0.4, 0.5) is 0 Å². The van der Waals surface area contributed by atoms with E-state index in [1.165, 1.54) is 0 Å². The Labute approximate surface area is 75.9 Å². The minimum Gasteiger partial charge on any atom is -0.393 e. The summed E-state index contributed by atoms with van der Waals surface area (Å²) in [6.45, 7) is 8.28. The van der Waals surface area contributed by atoms with Crippen LogP contribution in [0.5, 0.6) is 0 Å². The molecule has 2 atom stereocenters. The number of hydrogen-bond acceptors (Lipinski definition) is 2. The van der Waals surface area contributed by atoms with Crippen LogP contribution in [0.3, 0.4) is 0 Å². The Kier molecular flexibility index (Phi) is 5.51. The summed E-state index contributed by atoms with van der Waals surface area (Å²) in [7, 11) is 1.71. The molecule has 1 N–H and O–H groups in total. The predicted molar refractivity (Wildman–Crippen MR) is 51.1 cm³/mol. The molecule has 0 saturated heterocycles. The van der Waals surface area contributed by atoms with Crippen molar-refractivity contribution in [3.63, 3.8) is 0 Å². The molecule has 0 spiro atoms. The molecule has 74 valence electrons. The minimum atomic E-state index is -0.239. The Hall–Kier alpha value is -0.0800. The molecular weight excluding hydrogens is 152 g/mol. The van der Waals surface area contributed by atoms with Crippen molar-refractivity contribution in [2.45, 2.75) is 46.3 Å². The first-order valence-corrected chi connectivity index (χ1v) is 4.69. The van der Waals surface area contributed by atoms with Crippen LogP contribution in [0.25, 0.3) is 0 Å². The third-order valence-electron chi connectivity index (χ3n) is 2.29. The summed E-state index contributed by atoms with van der Waals surface area (Å²) in [5.41, 5.74) is 0. The van der Waals surface area contributed by atoms with E-state index in [4.69, 9.17) is 4.74 Å². The molecule has 0 aliphatic rings. The molecule has 0 aromatic rings. The van der Waals surface area contributed by atoms with Crippen LogP contribution in [0.2, 0.25) is 0 Å². The summed E-state index contributed by atoms with van der Waals surface area (Å²) in [5.74, 6) is 0.796. The average molecular weight is 174 g/mol. The highest BCUT2D eigenvalue weighted by atomic mass is 16.5. The monoisotopic (exact) mass is 174 g/mol. The van der Waals surface area contributed by atoms with Gasteiger partial charge < -0.3 is 9.84 Å². The highest BCUT2D eigenvalue weighted by Crippen LogP contribution is 2.16. The number of ether oxygens (including phenoxy) is 1. The minimum absolute atomic E-state index is 0.183. The smallest absolute Gasteiger partial charge is 0.0618 e. The van der Waals surface area contributed by atoms with E-state index in [1.807, 2.05) is 13.8 Å². The van der Waals surface area contributed by atoms with Gasteiger partial charge in [-0.2, -0.15) is 0 Å². The van der Waals surface area contributed by atoms with Gasteiger partial charge in [0.05, 0.1) is 12.2 Å². The lowest BCUT2D eigenvalue weighted by Gasteiger charge is -2.24. The molecule has 0 rings (SSSR count). The lowest BCUT2D eigenvalue weighted by molar-refractivity contribution is 0.00402. The molecule has 0 aliphatic carbocycles. The zero-order valence-electron chi connectivity index (χ0n) is 8.87. The van der Waals surface area contributed by atoms with E-state index in [0.717, 1.165) is 6.42 Å². The molecule has 12 heavy (non-hydrogen) atoms. The maximum Gasteiger partial charge on any atom is 0.0618 e. The van der Waals surface area contributed by atoms with Crippen molar-refractivity contribution in [3.8, 4) is 0 Å². The zero-order valence-corrected chi connectivity index (χ0v) is 8.87. The number of aliphatic hydroxyl groups excluding tert-OH is 1. The van der Waals surface area contributed by atoms with Crippen molar-refractivity contribution < 1.29 is 9.84 Å². The maximum absolute atomic E-state index is 9.60. The van der Waals surface area contributed by atoms with Gasteiger partial charge in [-0.1, -0.05) is 27.7 Å². The Morgan fingerprint density at radius 1 is 1.08 bits per heavy atom. The number of methoxy groups -OCH3 is 1. The number of hydrogen-bond donors (Lipinski definition) is 1. The van der Waals surface area contributed by atoms with Gasteiger partial charge in [-0.25, -0.2) is 0 Å². The topological polar surface area (TPSA) is 29.5 Å². The SMILES string of the molecule is COC(CC(O)C(C)C)C(C)C. The Bertz CT molecular complexity index is 110. The summed E-state index contributed by atoms with van der Waals surface area (Å²) in [6.07, 6.45) is 0.686. The Balaban J connectivity index is 3.85. The first-order valence-electron chi connectivity index (χ1n) is 4.69. The van der Waals surface area contributed by atoms with E-state index in [-0.39, 0.29) is 12.2 Å². The number of aliphatic hydroxyl groups is 1. The van der Waals surface area contributed by atoms with Crippen molar-refractivity contribution >= 4 is 0 Å². The van der Waals surface area contributed by atoms with Crippen molar-refractivity contribution in [3.05, 3.63) is 0 Å². The van der Waals surface area contributed by atoms with E-state index < -0.39 is 0 Å². The van der Waals surface area contributed by atoms with E-state index in [2.05, 4.69) is 13.8 Å². The average Bonchev–Trinajstić information content (AvgIpc) is 1.98. The highest BCUT2D eigenvalue weighted by molar-refractivity contribution is 4.69. The molecule has 2 nitrogen and oxygen atoms in total. The highest BCUT2D eigenvalue weighted by Gasteiger charge is 2.19. The fourth-order valence-electron chi connectivity index (χ4n) is 1.15. The van der Waals surface area contributed by atoms with Crippen molar-refractivity contribution in [1.29, 1.82) is 0 Å². The van der Waals surface area contributed by atoms with Crippen LogP contribution < -0.4 is 0 Å². The van der Waals surface area contributed by atoms with Crippen molar-refractivity contribution in [2.75, 3.05) is 7.11 Å². The molecule has 0 bridgehead atoms. The largest absolute Gasteiger partial charge is 0.393 e. The van der Waals surface area contributed by atoms with Crippen LogP contribution >= 0.6 is 0 Å². The van der Waals surface area contributed by atoms with Crippen LogP contribution in [-0.4, -0.2) is 24.4 Å². The Morgan fingerprint density at radius 3 is 1.83 bits per heavy atom. The summed E-state index contributed by atoms with van der Waals surface area (Å²) < 4.78 is 5.27. The first-order chi connectivity index (χ1) is 5.49. The molecule has 0 fully saturated rings. The second kappa shape index (κ2) is 5.55. The molecule has 0 heterocycles. The third kappa shape index (κ3) is 4.07. The van der Waals surface area contributed by atoms with E-state index in [9.17, 15) is 5.11 Å². The molecule has 2 unspecified atom stereocenters. The molecule has 0 amide bonds. The lowest BCUT2D eigenvalue weighted by atomic mass is 9.95. The van der Waals surface area contributed by atoms with Gasteiger partial charge >= 0.3 is 0 Å². The van der Waals surface area contributed by atoms with Gasteiger partial charge in [0.25, 0.3) is 0 Å². The first kappa shape index (κ1) is 11.9. The molecule has 0 aromatic heterocycles. The predicted octanol–water partition coefficient (Wildman–Crippen LogP) is 2.06. The van der Waals surface area contributed by atoms with E-state index in [0.29, 0.717) is 11.8 Å². The maximum atomic E-state index is 9.60. The van der Waals surface area contributed by atoms with Crippen LogP contribution in [0, 0.1) is 11.8 Å². The van der Waals surface area contributed by atoms with Gasteiger partial charge in [0.1, 0.15) is 0 Å². The second-order valence-electron chi connectivity index (χ2n) is 4.07. The quantitative estimate of drug-likeness (QED) is 0.691. The van der Waals surface area contributed by atoms with Crippen LogP contribution in [0.1, 0.15) is 34.1 Å². The zero-order chi connectivity index (χ0) is 9.72.